The van der Waals surface area contributed by atoms with Crippen molar-refractivity contribution in [2.24, 2.45) is 0 Å². The van der Waals surface area contributed by atoms with Gasteiger partial charge in [0, 0.05) is 31.1 Å². The Balaban J connectivity index is 1.42. The van der Waals surface area contributed by atoms with Crippen LogP contribution in [0.3, 0.4) is 0 Å². The summed E-state index contributed by atoms with van der Waals surface area (Å²) < 4.78 is 5.42. The van der Waals surface area contributed by atoms with Crippen LogP contribution in [-0.2, 0) is 10.2 Å². The molecule has 1 aliphatic carbocycles. The Morgan fingerprint density at radius 2 is 1.83 bits per heavy atom. The van der Waals surface area contributed by atoms with E-state index in [1.54, 1.807) is 6.07 Å². The van der Waals surface area contributed by atoms with Crippen molar-refractivity contribution in [1.29, 1.82) is 0 Å². The van der Waals surface area contributed by atoms with Gasteiger partial charge in [-0.1, -0.05) is 61.2 Å². The molecule has 0 atom stereocenters. The Morgan fingerprint density at radius 1 is 1.10 bits per heavy atom. The van der Waals surface area contributed by atoms with Crippen molar-refractivity contribution in [3.63, 3.8) is 0 Å². The minimum absolute atomic E-state index is 0.111. The molecule has 0 spiro atoms. The van der Waals surface area contributed by atoms with Crippen molar-refractivity contribution < 1.29 is 4.74 Å². The van der Waals surface area contributed by atoms with Crippen molar-refractivity contribution >= 4 is 40.7 Å². The number of nitrogens with one attached hydrogen (secondary N) is 2. The van der Waals surface area contributed by atoms with Crippen LogP contribution in [0, 0.1) is 0 Å². The first-order valence-electron chi connectivity index (χ1n) is 10.6. The van der Waals surface area contributed by atoms with Crippen LogP contribution in [0.1, 0.15) is 37.7 Å². The van der Waals surface area contributed by atoms with Gasteiger partial charge in [0.1, 0.15) is 11.0 Å². The van der Waals surface area contributed by atoms with Crippen LogP contribution in [0.2, 0.25) is 5.15 Å². The highest BCUT2D eigenvalue weighted by atomic mass is 35.5. The van der Waals surface area contributed by atoms with E-state index >= 15 is 0 Å². The highest BCUT2D eigenvalue weighted by Crippen LogP contribution is 2.38. The lowest BCUT2D eigenvalue weighted by Gasteiger charge is -2.38. The number of halogens is 1. The Kier molecular flexibility index (Phi) is 7.02. The molecule has 6 nitrogen and oxygen atoms in total. The minimum atomic E-state index is 0.111. The van der Waals surface area contributed by atoms with Gasteiger partial charge in [-0.3, -0.25) is 0 Å². The SMILES string of the molecule is S=C(NCC1(c2ccccc2)CCCCC1)Nc1nc(Cl)cc(N2CCOCC2)n1. The molecular formula is C22H28ClN5OS. The molecule has 0 amide bonds. The summed E-state index contributed by atoms with van der Waals surface area (Å²) >= 11 is 11.8. The van der Waals surface area contributed by atoms with E-state index in [0.29, 0.717) is 29.4 Å². The Hall–Kier alpha value is -1.96. The molecule has 1 saturated carbocycles. The summed E-state index contributed by atoms with van der Waals surface area (Å²) in [7, 11) is 0. The standard InChI is InChI=1S/C22H28ClN5OS/c23-18-15-19(28-11-13-29-14-12-28)26-20(25-18)27-21(30)24-16-22(9-5-2-6-10-22)17-7-3-1-4-8-17/h1,3-4,7-8,15H,2,5-6,9-14,16H2,(H2,24,25,26,27,30). The molecular weight excluding hydrogens is 418 g/mol. The molecule has 1 aliphatic heterocycles. The van der Waals surface area contributed by atoms with Crippen LogP contribution >= 0.6 is 23.8 Å². The molecule has 4 rings (SSSR count). The molecule has 2 fully saturated rings. The Labute approximate surface area is 188 Å². The summed E-state index contributed by atoms with van der Waals surface area (Å²) in [6.07, 6.45) is 6.13. The molecule has 0 unspecified atom stereocenters. The second-order valence-corrected chi connectivity index (χ2v) is 8.78. The maximum absolute atomic E-state index is 6.24. The fraction of sp³-hybridized carbons (Fsp3) is 0.500. The van der Waals surface area contributed by atoms with Crippen LogP contribution in [-0.4, -0.2) is 47.9 Å². The molecule has 2 heterocycles. The average molecular weight is 446 g/mol. The van der Waals surface area contributed by atoms with Gasteiger partial charge >= 0.3 is 0 Å². The lowest BCUT2D eigenvalue weighted by molar-refractivity contribution is 0.122. The fourth-order valence-electron chi connectivity index (χ4n) is 4.40. The topological polar surface area (TPSA) is 62.3 Å². The van der Waals surface area contributed by atoms with Gasteiger partial charge in [-0.05, 0) is 30.6 Å². The third-order valence-corrected chi connectivity index (χ3v) is 6.47. The molecule has 1 saturated heterocycles. The maximum atomic E-state index is 6.24. The van der Waals surface area contributed by atoms with Gasteiger partial charge in [0.25, 0.3) is 0 Å². The van der Waals surface area contributed by atoms with Crippen LogP contribution < -0.4 is 15.5 Å². The summed E-state index contributed by atoms with van der Waals surface area (Å²) in [6, 6.07) is 12.6. The number of nitrogens with zero attached hydrogens (tertiary/aromatic N) is 3. The fourth-order valence-corrected chi connectivity index (χ4v) is 4.74. The molecule has 8 heteroatoms. The van der Waals surface area contributed by atoms with Gasteiger partial charge in [-0.25, -0.2) is 4.98 Å². The van der Waals surface area contributed by atoms with E-state index in [2.05, 4.69) is 55.8 Å². The van der Waals surface area contributed by atoms with E-state index < -0.39 is 0 Å². The smallest absolute Gasteiger partial charge is 0.232 e. The highest BCUT2D eigenvalue weighted by Gasteiger charge is 2.33. The molecule has 2 N–H and O–H groups in total. The summed E-state index contributed by atoms with van der Waals surface area (Å²) in [5.41, 5.74) is 1.49. The van der Waals surface area contributed by atoms with Crippen molar-refractivity contribution in [2.75, 3.05) is 43.1 Å². The highest BCUT2D eigenvalue weighted by molar-refractivity contribution is 7.80. The summed E-state index contributed by atoms with van der Waals surface area (Å²) in [6.45, 7) is 3.74. The number of aromatic nitrogens is 2. The second kappa shape index (κ2) is 9.90. The molecule has 0 bridgehead atoms. The predicted molar refractivity (Wildman–Crippen MR) is 126 cm³/mol. The van der Waals surface area contributed by atoms with E-state index in [0.717, 1.165) is 25.5 Å². The second-order valence-electron chi connectivity index (χ2n) is 7.99. The van der Waals surface area contributed by atoms with Crippen LogP contribution in [0.5, 0.6) is 0 Å². The normalized spacial score (nSPS) is 18.6. The Morgan fingerprint density at radius 3 is 2.57 bits per heavy atom. The number of morpholine rings is 1. The molecule has 1 aromatic heterocycles. The number of hydrogen-bond donors (Lipinski definition) is 2. The van der Waals surface area contributed by atoms with Gasteiger partial charge in [0.2, 0.25) is 5.95 Å². The van der Waals surface area contributed by atoms with E-state index in [9.17, 15) is 0 Å². The van der Waals surface area contributed by atoms with Gasteiger partial charge in [0.15, 0.2) is 5.11 Å². The maximum Gasteiger partial charge on any atom is 0.232 e. The first kappa shape index (κ1) is 21.3. The van der Waals surface area contributed by atoms with E-state index in [-0.39, 0.29) is 5.41 Å². The number of benzene rings is 1. The van der Waals surface area contributed by atoms with Crippen molar-refractivity contribution in [2.45, 2.75) is 37.5 Å². The number of thiocarbonyl (C=S) groups is 1. The van der Waals surface area contributed by atoms with Crippen molar-refractivity contribution in [3.05, 3.63) is 47.1 Å². The monoisotopic (exact) mass is 445 g/mol. The van der Waals surface area contributed by atoms with Crippen LogP contribution in [0.15, 0.2) is 36.4 Å². The van der Waals surface area contributed by atoms with E-state index in [1.807, 2.05) is 0 Å². The quantitative estimate of drug-likeness (QED) is 0.529. The zero-order chi connectivity index (χ0) is 20.8. The molecule has 30 heavy (non-hydrogen) atoms. The number of anilines is 2. The lowest BCUT2D eigenvalue weighted by atomic mass is 9.69. The van der Waals surface area contributed by atoms with Gasteiger partial charge in [0.05, 0.1) is 13.2 Å². The van der Waals surface area contributed by atoms with E-state index in [1.165, 1.54) is 37.7 Å². The van der Waals surface area contributed by atoms with Gasteiger partial charge < -0.3 is 20.3 Å². The summed E-state index contributed by atoms with van der Waals surface area (Å²) in [4.78, 5) is 11.0. The lowest BCUT2D eigenvalue weighted by Crippen LogP contribution is -2.43. The number of rotatable bonds is 5. The third kappa shape index (κ3) is 5.20. The zero-order valence-electron chi connectivity index (χ0n) is 17.1. The molecule has 2 aromatic rings. The number of ether oxygens (including phenoxy) is 1. The molecule has 160 valence electrons. The summed E-state index contributed by atoms with van der Waals surface area (Å²) in [5.74, 6) is 1.20. The summed E-state index contributed by atoms with van der Waals surface area (Å²) in [5, 5.41) is 7.46. The largest absolute Gasteiger partial charge is 0.378 e. The third-order valence-electron chi connectivity index (χ3n) is 6.03. The average Bonchev–Trinajstić information content (AvgIpc) is 2.79. The molecule has 2 aliphatic rings. The van der Waals surface area contributed by atoms with Crippen LogP contribution in [0.4, 0.5) is 11.8 Å². The molecule has 0 radical (unpaired) electrons. The predicted octanol–water partition coefficient (Wildman–Crippen LogP) is 4.16. The van der Waals surface area contributed by atoms with Crippen molar-refractivity contribution in [3.8, 4) is 0 Å². The first-order valence-corrected chi connectivity index (χ1v) is 11.4. The minimum Gasteiger partial charge on any atom is -0.378 e. The molecule has 1 aromatic carbocycles. The van der Waals surface area contributed by atoms with E-state index in [4.69, 9.17) is 28.6 Å². The number of hydrogen-bond acceptors (Lipinski definition) is 5. The Bertz CT molecular complexity index is 854. The van der Waals surface area contributed by atoms with Crippen molar-refractivity contribution in [1.82, 2.24) is 15.3 Å². The van der Waals surface area contributed by atoms with Crippen LogP contribution in [0.25, 0.3) is 0 Å². The zero-order valence-corrected chi connectivity index (χ0v) is 18.6. The van der Waals surface area contributed by atoms with Gasteiger partial charge in [-0.15, -0.1) is 0 Å². The first-order chi connectivity index (χ1) is 14.6. The van der Waals surface area contributed by atoms with Gasteiger partial charge in [-0.2, -0.15) is 4.98 Å².